The zero-order chi connectivity index (χ0) is 27.8. The number of carbonyl (C=O) groups is 4. The summed E-state index contributed by atoms with van der Waals surface area (Å²) in [6.07, 6.45) is 1.89. The molecule has 3 amide bonds. The van der Waals surface area contributed by atoms with E-state index in [1.807, 2.05) is 24.3 Å². The first-order valence-corrected chi connectivity index (χ1v) is 11.9. The minimum Gasteiger partial charge on any atom is -0.508 e. The molecule has 4 atom stereocenters. The van der Waals surface area contributed by atoms with Crippen molar-refractivity contribution >= 4 is 34.6 Å². The van der Waals surface area contributed by atoms with Gasteiger partial charge in [-0.05, 0) is 42.7 Å². The Morgan fingerprint density at radius 2 is 1.55 bits per heavy atom. The Hall–Kier alpha value is -4.42. The van der Waals surface area contributed by atoms with Crippen LogP contribution in [0.4, 0.5) is 0 Å². The number of nitrogens with two attached hydrogens (primary N) is 1. The molecular weight excluding hydrogens is 494 g/mol. The Morgan fingerprint density at radius 1 is 0.895 bits per heavy atom. The summed E-state index contributed by atoms with van der Waals surface area (Å²) in [6, 6.07) is 8.52. The standard InChI is InChI=1S/C26H31N5O7/c1-14(23(34)30-21(26(37)38)10-15-6-8-17(33)9-7-15)29-25(36)22(13-32)31-24(35)19(27)11-16-12-28-20-5-3-2-4-18(16)20/h2-9,12,14,19,21-22,28,32-33H,10-11,13,27H2,1H3,(H,29,36)(H,30,34)(H,31,35)(H,37,38). The molecule has 0 bridgehead atoms. The Labute approximate surface area is 218 Å². The second kappa shape index (κ2) is 12.7. The smallest absolute Gasteiger partial charge is 0.326 e. The van der Waals surface area contributed by atoms with Crippen LogP contribution in [-0.2, 0) is 32.0 Å². The molecule has 1 heterocycles. The van der Waals surface area contributed by atoms with Crippen molar-refractivity contribution in [3.8, 4) is 5.75 Å². The van der Waals surface area contributed by atoms with Gasteiger partial charge in [0.15, 0.2) is 0 Å². The number of fused-ring (bicyclic) bond motifs is 1. The summed E-state index contributed by atoms with van der Waals surface area (Å²) >= 11 is 0. The van der Waals surface area contributed by atoms with Gasteiger partial charge in [-0.15, -0.1) is 0 Å². The van der Waals surface area contributed by atoms with Gasteiger partial charge in [0.25, 0.3) is 0 Å². The number of carboxylic acids is 1. The Balaban J connectivity index is 1.54. The molecule has 0 fully saturated rings. The number of para-hydroxylation sites is 1. The lowest BCUT2D eigenvalue weighted by atomic mass is 10.0. The second-order valence-electron chi connectivity index (χ2n) is 8.91. The average Bonchev–Trinajstić information content (AvgIpc) is 3.30. The first-order valence-electron chi connectivity index (χ1n) is 11.9. The van der Waals surface area contributed by atoms with E-state index < -0.39 is 54.5 Å². The van der Waals surface area contributed by atoms with Gasteiger partial charge < -0.3 is 42.0 Å². The van der Waals surface area contributed by atoms with Gasteiger partial charge in [-0.2, -0.15) is 0 Å². The number of nitrogens with one attached hydrogen (secondary N) is 4. The molecule has 0 aliphatic carbocycles. The third-order valence-corrected chi connectivity index (χ3v) is 6.01. The van der Waals surface area contributed by atoms with E-state index >= 15 is 0 Å². The maximum Gasteiger partial charge on any atom is 0.326 e. The van der Waals surface area contributed by atoms with Crippen molar-refractivity contribution in [2.24, 2.45) is 5.73 Å². The van der Waals surface area contributed by atoms with Gasteiger partial charge in [0, 0.05) is 23.5 Å². The maximum atomic E-state index is 12.6. The van der Waals surface area contributed by atoms with Crippen molar-refractivity contribution in [2.75, 3.05) is 6.61 Å². The van der Waals surface area contributed by atoms with Crippen LogP contribution in [-0.4, -0.2) is 74.8 Å². The lowest BCUT2D eigenvalue weighted by molar-refractivity contribution is -0.142. The summed E-state index contributed by atoms with van der Waals surface area (Å²) in [4.78, 5) is 52.5. The first-order chi connectivity index (χ1) is 18.1. The van der Waals surface area contributed by atoms with Crippen LogP contribution >= 0.6 is 0 Å². The monoisotopic (exact) mass is 525 g/mol. The Morgan fingerprint density at radius 3 is 2.21 bits per heavy atom. The van der Waals surface area contributed by atoms with Gasteiger partial charge in [-0.3, -0.25) is 14.4 Å². The molecule has 3 aromatic rings. The van der Waals surface area contributed by atoms with Crippen LogP contribution in [0.1, 0.15) is 18.1 Å². The molecule has 38 heavy (non-hydrogen) atoms. The van der Waals surface area contributed by atoms with Crippen LogP contribution in [0.3, 0.4) is 0 Å². The highest BCUT2D eigenvalue weighted by molar-refractivity contribution is 5.94. The Kier molecular flexibility index (Phi) is 9.41. The van der Waals surface area contributed by atoms with Crippen LogP contribution in [0.2, 0.25) is 0 Å². The second-order valence-corrected chi connectivity index (χ2v) is 8.91. The van der Waals surface area contributed by atoms with Crippen molar-refractivity contribution in [1.82, 2.24) is 20.9 Å². The summed E-state index contributed by atoms with van der Waals surface area (Å²) in [5.41, 5.74) is 8.31. The van der Waals surface area contributed by atoms with Crippen LogP contribution in [0.5, 0.6) is 5.75 Å². The number of benzene rings is 2. The van der Waals surface area contributed by atoms with E-state index in [0.29, 0.717) is 5.56 Å². The van der Waals surface area contributed by atoms with Crippen molar-refractivity contribution < 1.29 is 34.5 Å². The van der Waals surface area contributed by atoms with E-state index in [-0.39, 0.29) is 18.6 Å². The number of hydrogen-bond acceptors (Lipinski definition) is 7. The van der Waals surface area contributed by atoms with E-state index in [0.717, 1.165) is 16.5 Å². The van der Waals surface area contributed by atoms with Crippen molar-refractivity contribution in [3.63, 3.8) is 0 Å². The largest absolute Gasteiger partial charge is 0.508 e. The number of aromatic hydroxyl groups is 1. The number of aromatic nitrogens is 1. The van der Waals surface area contributed by atoms with E-state index in [9.17, 15) is 34.5 Å². The predicted molar refractivity (Wildman–Crippen MR) is 138 cm³/mol. The molecule has 0 saturated carbocycles. The number of aromatic amines is 1. The van der Waals surface area contributed by atoms with Gasteiger partial charge in [-0.25, -0.2) is 4.79 Å². The molecular formula is C26H31N5O7. The quantitative estimate of drug-likeness (QED) is 0.155. The Bertz CT molecular complexity index is 1290. The highest BCUT2D eigenvalue weighted by Crippen LogP contribution is 2.18. The number of carbonyl (C=O) groups excluding carboxylic acids is 3. The number of phenols is 1. The molecule has 12 heteroatoms. The number of amides is 3. The fourth-order valence-electron chi connectivity index (χ4n) is 3.85. The number of aliphatic carboxylic acids is 1. The SMILES string of the molecule is CC(NC(=O)C(CO)NC(=O)C(N)Cc1c[nH]c2ccccc12)C(=O)NC(Cc1ccc(O)cc1)C(=O)O. The molecule has 1 aromatic heterocycles. The number of aliphatic hydroxyl groups is 1. The van der Waals surface area contributed by atoms with Crippen LogP contribution in [0.15, 0.2) is 54.7 Å². The molecule has 0 radical (unpaired) electrons. The average molecular weight is 526 g/mol. The summed E-state index contributed by atoms with van der Waals surface area (Å²) in [5, 5.41) is 36.5. The van der Waals surface area contributed by atoms with Crippen LogP contribution in [0, 0.1) is 0 Å². The molecule has 0 spiro atoms. The molecule has 0 saturated heterocycles. The van der Waals surface area contributed by atoms with E-state index in [2.05, 4.69) is 20.9 Å². The number of aliphatic hydroxyl groups excluding tert-OH is 1. The molecule has 9 N–H and O–H groups in total. The van der Waals surface area contributed by atoms with Crippen LogP contribution < -0.4 is 21.7 Å². The summed E-state index contributed by atoms with van der Waals surface area (Å²) in [5.74, 6) is -3.54. The number of phenolic OH excluding ortho intramolecular Hbond substituents is 1. The minimum atomic E-state index is -1.38. The zero-order valence-corrected chi connectivity index (χ0v) is 20.7. The molecule has 3 rings (SSSR count). The topological polar surface area (TPSA) is 207 Å². The molecule has 12 nitrogen and oxygen atoms in total. The number of rotatable bonds is 12. The van der Waals surface area contributed by atoms with Gasteiger partial charge in [-0.1, -0.05) is 30.3 Å². The van der Waals surface area contributed by atoms with Crippen molar-refractivity contribution in [3.05, 3.63) is 65.9 Å². The molecule has 202 valence electrons. The zero-order valence-electron chi connectivity index (χ0n) is 20.7. The molecule has 0 aliphatic rings. The number of hydrogen-bond donors (Lipinski definition) is 8. The lowest BCUT2D eigenvalue weighted by Crippen LogP contribution is -2.57. The van der Waals surface area contributed by atoms with Gasteiger partial charge in [0.2, 0.25) is 17.7 Å². The summed E-state index contributed by atoms with van der Waals surface area (Å²) < 4.78 is 0. The van der Waals surface area contributed by atoms with E-state index in [1.54, 1.807) is 6.20 Å². The molecule has 4 unspecified atom stereocenters. The third-order valence-electron chi connectivity index (χ3n) is 6.01. The summed E-state index contributed by atoms with van der Waals surface area (Å²) in [6.45, 7) is 0.593. The van der Waals surface area contributed by atoms with Crippen molar-refractivity contribution in [2.45, 2.75) is 43.9 Å². The highest BCUT2D eigenvalue weighted by atomic mass is 16.4. The fourth-order valence-corrected chi connectivity index (χ4v) is 3.85. The fraction of sp³-hybridized carbons (Fsp3) is 0.308. The van der Waals surface area contributed by atoms with Gasteiger partial charge >= 0.3 is 5.97 Å². The molecule has 2 aromatic carbocycles. The normalized spacial score (nSPS) is 14.2. The van der Waals surface area contributed by atoms with Crippen LogP contribution in [0.25, 0.3) is 10.9 Å². The van der Waals surface area contributed by atoms with Gasteiger partial charge in [0.05, 0.1) is 12.6 Å². The van der Waals surface area contributed by atoms with E-state index in [1.165, 1.54) is 31.2 Å². The predicted octanol–water partition coefficient (Wildman–Crippen LogP) is -0.463. The van der Waals surface area contributed by atoms with E-state index in [4.69, 9.17) is 5.73 Å². The number of H-pyrrole nitrogens is 1. The molecule has 0 aliphatic heterocycles. The number of carboxylic acid groups (broad SMARTS) is 1. The van der Waals surface area contributed by atoms with Crippen molar-refractivity contribution in [1.29, 1.82) is 0 Å². The lowest BCUT2D eigenvalue weighted by Gasteiger charge is -2.22. The summed E-state index contributed by atoms with van der Waals surface area (Å²) in [7, 11) is 0. The first kappa shape index (κ1) is 28.2. The highest BCUT2D eigenvalue weighted by Gasteiger charge is 2.28. The third kappa shape index (κ3) is 7.31. The minimum absolute atomic E-state index is 0.0189. The van der Waals surface area contributed by atoms with Gasteiger partial charge in [0.1, 0.15) is 23.9 Å². The maximum absolute atomic E-state index is 12.6.